The zero-order chi connectivity index (χ0) is 12.4. The molecule has 2 aromatic heterocycles. The van der Waals surface area contributed by atoms with Gasteiger partial charge in [0.2, 0.25) is 0 Å². The average Bonchev–Trinajstić information content (AvgIpc) is 2.86. The number of aromatic nitrogens is 3. The van der Waals surface area contributed by atoms with Crippen molar-refractivity contribution >= 4 is 0 Å². The van der Waals surface area contributed by atoms with Gasteiger partial charge in [-0.3, -0.25) is 0 Å². The van der Waals surface area contributed by atoms with Crippen molar-refractivity contribution in [2.75, 3.05) is 0 Å². The zero-order valence-corrected chi connectivity index (χ0v) is 10.3. The van der Waals surface area contributed by atoms with Gasteiger partial charge in [0.15, 0.2) is 0 Å². The molecule has 0 aliphatic carbocycles. The lowest BCUT2D eigenvalue weighted by Gasteiger charge is -2.12. The van der Waals surface area contributed by atoms with Crippen LogP contribution >= 0.6 is 0 Å². The van der Waals surface area contributed by atoms with Crippen molar-refractivity contribution in [1.29, 1.82) is 0 Å². The molecule has 92 valence electrons. The Morgan fingerprint density at radius 2 is 2.24 bits per heavy atom. The maximum Gasteiger partial charge on any atom is 0.138 e. The highest BCUT2D eigenvalue weighted by molar-refractivity contribution is 5.17. The van der Waals surface area contributed by atoms with Gasteiger partial charge in [0.1, 0.15) is 24.0 Å². The van der Waals surface area contributed by atoms with Gasteiger partial charge in [0, 0.05) is 12.5 Å². The van der Waals surface area contributed by atoms with Crippen molar-refractivity contribution < 1.29 is 9.52 Å². The Kier molecular flexibility index (Phi) is 3.28. The van der Waals surface area contributed by atoms with Crippen LogP contribution in [0.25, 0.3) is 0 Å². The Bertz CT molecular complexity index is 487. The van der Waals surface area contributed by atoms with Gasteiger partial charge in [-0.2, -0.15) is 5.10 Å². The molecule has 0 bridgehead atoms. The highest BCUT2D eigenvalue weighted by Crippen LogP contribution is 2.22. The molecule has 0 spiro atoms. The van der Waals surface area contributed by atoms with Crippen LogP contribution in [0.2, 0.25) is 0 Å². The molecule has 0 aliphatic heterocycles. The summed E-state index contributed by atoms with van der Waals surface area (Å²) in [5.41, 5.74) is 0.952. The van der Waals surface area contributed by atoms with E-state index in [1.54, 1.807) is 6.26 Å². The fraction of sp³-hybridized carbons (Fsp3) is 0.500. The Morgan fingerprint density at radius 1 is 1.47 bits per heavy atom. The first-order chi connectivity index (χ1) is 8.09. The number of aliphatic hydroxyl groups is 1. The van der Waals surface area contributed by atoms with E-state index in [-0.39, 0.29) is 6.04 Å². The van der Waals surface area contributed by atoms with E-state index in [4.69, 9.17) is 4.42 Å². The minimum absolute atomic E-state index is 0.234. The van der Waals surface area contributed by atoms with Crippen LogP contribution in [0.15, 0.2) is 23.1 Å². The van der Waals surface area contributed by atoms with Crippen LogP contribution in [0, 0.1) is 6.92 Å². The van der Waals surface area contributed by atoms with E-state index < -0.39 is 6.10 Å². The largest absolute Gasteiger partial charge is 0.466 e. The first-order valence-corrected chi connectivity index (χ1v) is 5.70. The van der Waals surface area contributed by atoms with Crippen LogP contribution in [0.4, 0.5) is 0 Å². The van der Waals surface area contributed by atoms with Crippen molar-refractivity contribution in [2.24, 2.45) is 0 Å². The van der Waals surface area contributed by atoms with E-state index >= 15 is 0 Å². The number of aryl methyl sites for hydroxylation is 1. The van der Waals surface area contributed by atoms with Gasteiger partial charge in [-0.05, 0) is 32.4 Å². The number of rotatable bonds is 4. The van der Waals surface area contributed by atoms with Gasteiger partial charge < -0.3 is 9.52 Å². The minimum Gasteiger partial charge on any atom is -0.466 e. The summed E-state index contributed by atoms with van der Waals surface area (Å²) in [4.78, 5) is 4.17. The molecule has 2 rings (SSSR count). The lowest BCUT2D eigenvalue weighted by Crippen LogP contribution is -2.12. The molecule has 17 heavy (non-hydrogen) atoms. The molecule has 0 amide bonds. The molecular formula is C12H17N3O2. The average molecular weight is 235 g/mol. The molecule has 1 atom stereocenters. The van der Waals surface area contributed by atoms with Crippen LogP contribution in [-0.4, -0.2) is 19.9 Å². The quantitative estimate of drug-likeness (QED) is 0.880. The number of nitrogens with zero attached hydrogens (tertiary/aromatic N) is 3. The molecule has 2 aromatic rings. The summed E-state index contributed by atoms with van der Waals surface area (Å²) < 4.78 is 7.07. The maximum atomic E-state index is 10.1. The SMILES string of the molecule is Cc1ccoc1C(O)Cc1ncnn1C(C)C. The molecule has 0 saturated carbocycles. The smallest absolute Gasteiger partial charge is 0.138 e. The normalized spacial score (nSPS) is 13.2. The number of aliphatic hydroxyl groups excluding tert-OH is 1. The third kappa shape index (κ3) is 2.39. The van der Waals surface area contributed by atoms with Crippen LogP contribution in [0.1, 0.15) is 43.1 Å². The molecule has 0 fully saturated rings. The van der Waals surface area contributed by atoms with Gasteiger partial charge in [-0.25, -0.2) is 9.67 Å². The van der Waals surface area contributed by atoms with Crippen molar-refractivity contribution in [3.63, 3.8) is 0 Å². The Balaban J connectivity index is 2.16. The zero-order valence-electron chi connectivity index (χ0n) is 10.3. The molecule has 0 radical (unpaired) electrons. The summed E-state index contributed by atoms with van der Waals surface area (Å²) in [6.07, 6.45) is 2.83. The molecule has 1 unspecified atom stereocenters. The van der Waals surface area contributed by atoms with Gasteiger partial charge in [-0.1, -0.05) is 0 Å². The second-order valence-corrected chi connectivity index (χ2v) is 4.40. The molecule has 2 heterocycles. The van der Waals surface area contributed by atoms with Crippen molar-refractivity contribution in [2.45, 2.75) is 39.3 Å². The Hall–Kier alpha value is -1.62. The predicted molar refractivity (Wildman–Crippen MR) is 62.5 cm³/mol. The molecule has 0 saturated heterocycles. The second kappa shape index (κ2) is 4.71. The van der Waals surface area contributed by atoms with Crippen LogP contribution in [-0.2, 0) is 6.42 Å². The predicted octanol–water partition coefficient (Wildman–Crippen LogP) is 2.04. The summed E-state index contributed by atoms with van der Waals surface area (Å²) in [5.74, 6) is 1.37. The summed E-state index contributed by atoms with van der Waals surface area (Å²) in [7, 11) is 0. The first kappa shape index (κ1) is 11.9. The monoisotopic (exact) mass is 235 g/mol. The fourth-order valence-corrected chi connectivity index (χ4v) is 1.84. The molecule has 5 nitrogen and oxygen atoms in total. The first-order valence-electron chi connectivity index (χ1n) is 5.70. The van der Waals surface area contributed by atoms with Crippen molar-refractivity contribution in [3.05, 3.63) is 35.8 Å². The van der Waals surface area contributed by atoms with Crippen LogP contribution in [0.5, 0.6) is 0 Å². The van der Waals surface area contributed by atoms with E-state index in [2.05, 4.69) is 10.1 Å². The highest BCUT2D eigenvalue weighted by Gasteiger charge is 2.18. The molecular weight excluding hydrogens is 218 g/mol. The Labute approximate surface area is 100 Å². The second-order valence-electron chi connectivity index (χ2n) is 4.40. The van der Waals surface area contributed by atoms with Crippen LogP contribution < -0.4 is 0 Å². The summed E-state index contributed by atoms with van der Waals surface area (Å²) >= 11 is 0. The number of hydrogen-bond acceptors (Lipinski definition) is 4. The highest BCUT2D eigenvalue weighted by atomic mass is 16.4. The summed E-state index contributed by atoms with van der Waals surface area (Å²) in [6, 6.07) is 2.07. The van der Waals surface area contributed by atoms with E-state index in [1.165, 1.54) is 6.33 Å². The molecule has 1 N–H and O–H groups in total. The van der Waals surface area contributed by atoms with Gasteiger partial charge in [0.25, 0.3) is 0 Å². The molecule has 5 heteroatoms. The third-order valence-electron chi connectivity index (χ3n) is 2.72. The topological polar surface area (TPSA) is 64.1 Å². The van der Waals surface area contributed by atoms with E-state index in [1.807, 2.05) is 31.5 Å². The summed E-state index contributed by atoms with van der Waals surface area (Å²) in [6.45, 7) is 5.97. The van der Waals surface area contributed by atoms with Gasteiger partial charge >= 0.3 is 0 Å². The van der Waals surface area contributed by atoms with E-state index in [9.17, 15) is 5.11 Å². The van der Waals surface area contributed by atoms with Crippen LogP contribution in [0.3, 0.4) is 0 Å². The minimum atomic E-state index is -0.674. The lowest BCUT2D eigenvalue weighted by atomic mass is 10.1. The molecule has 0 aromatic carbocycles. The van der Waals surface area contributed by atoms with Gasteiger partial charge in [-0.15, -0.1) is 0 Å². The van der Waals surface area contributed by atoms with Gasteiger partial charge in [0.05, 0.1) is 6.26 Å². The van der Waals surface area contributed by atoms with E-state index in [0.29, 0.717) is 12.2 Å². The number of furan rings is 1. The van der Waals surface area contributed by atoms with E-state index in [0.717, 1.165) is 11.4 Å². The standard InChI is InChI=1S/C12H17N3O2/c1-8(2)15-11(13-7-14-15)6-10(16)12-9(3)4-5-17-12/h4-5,7-8,10,16H,6H2,1-3H3. The summed E-state index contributed by atoms with van der Waals surface area (Å²) in [5, 5.41) is 14.2. The lowest BCUT2D eigenvalue weighted by molar-refractivity contribution is 0.145. The molecule has 0 aliphatic rings. The fourth-order valence-electron chi connectivity index (χ4n) is 1.84. The maximum absolute atomic E-state index is 10.1. The number of hydrogen-bond donors (Lipinski definition) is 1. The Morgan fingerprint density at radius 3 is 2.82 bits per heavy atom. The van der Waals surface area contributed by atoms with Crippen molar-refractivity contribution in [3.8, 4) is 0 Å². The van der Waals surface area contributed by atoms with Crippen molar-refractivity contribution in [1.82, 2.24) is 14.8 Å². The third-order valence-corrected chi connectivity index (χ3v) is 2.72.